The highest BCUT2D eigenvalue weighted by atomic mass is 32.2. The number of hydrogen-bond donors (Lipinski definition) is 1. The van der Waals surface area contributed by atoms with Crippen LogP contribution < -0.4 is 19.5 Å². The number of fused-ring (bicyclic) bond motifs is 1. The summed E-state index contributed by atoms with van der Waals surface area (Å²) in [6.45, 7) is 5.34. The summed E-state index contributed by atoms with van der Waals surface area (Å²) in [6.07, 6.45) is 1.29. The van der Waals surface area contributed by atoms with Gasteiger partial charge in [0.05, 0.1) is 17.4 Å². The van der Waals surface area contributed by atoms with Crippen molar-refractivity contribution >= 4 is 15.9 Å². The van der Waals surface area contributed by atoms with Crippen LogP contribution in [0.1, 0.15) is 30.9 Å². The number of sulfonamides is 1. The molecule has 32 heavy (non-hydrogen) atoms. The molecular weight excluding hydrogens is 432 g/mol. The fourth-order valence-electron chi connectivity index (χ4n) is 4.01. The maximum absolute atomic E-state index is 13.2. The second-order valence-corrected chi connectivity index (χ2v) is 9.91. The van der Waals surface area contributed by atoms with Gasteiger partial charge >= 0.3 is 0 Å². The minimum Gasteiger partial charge on any atom is -0.494 e. The molecule has 0 unspecified atom stereocenters. The Labute approximate surface area is 188 Å². The lowest BCUT2D eigenvalue weighted by atomic mass is 9.98. The molecule has 172 valence electrons. The summed E-state index contributed by atoms with van der Waals surface area (Å²) in [4.78, 5) is 13.0. The van der Waals surface area contributed by atoms with Crippen molar-refractivity contribution in [2.24, 2.45) is 5.92 Å². The summed E-state index contributed by atoms with van der Waals surface area (Å²) in [5.41, 5.74) is 1.66. The van der Waals surface area contributed by atoms with Gasteiger partial charge in [-0.1, -0.05) is 6.07 Å². The van der Waals surface area contributed by atoms with Gasteiger partial charge < -0.3 is 19.5 Å². The number of nitrogens with one attached hydrogen (secondary N) is 1. The first-order chi connectivity index (χ1) is 15.4. The van der Waals surface area contributed by atoms with Crippen molar-refractivity contribution < 1.29 is 27.4 Å². The third-order valence-electron chi connectivity index (χ3n) is 5.74. The van der Waals surface area contributed by atoms with Crippen molar-refractivity contribution in [2.45, 2.75) is 38.1 Å². The molecule has 0 aliphatic carbocycles. The number of benzene rings is 2. The Bertz CT molecular complexity index is 1100. The van der Waals surface area contributed by atoms with Crippen molar-refractivity contribution in [3.05, 3.63) is 47.5 Å². The summed E-state index contributed by atoms with van der Waals surface area (Å²) in [7, 11) is -3.69. The van der Waals surface area contributed by atoms with E-state index in [1.807, 2.05) is 32.0 Å². The largest absolute Gasteiger partial charge is 0.494 e. The van der Waals surface area contributed by atoms with E-state index in [0.29, 0.717) is 49.8 Å². The first-order valence-electron chi connectivity index (χ1n) is 10.8. The molecule has 0 bridgehead atoms. The molecule has 1 fully saturated rings. The number of carbonyl (C=O) groups excluding carboxylic acids is 1. The van der Waals surface area contributed by atoms with Gasteiger partial charge in [-0.2, -0.15) is 4.31 Å². The molecule has 1 atom stereocenters. The molecule has 2 aliphatic rings. The van der Waals surface area contributed by atoms with Crippen molar-refractivity contribution in [3.8, 4) is 17.2 Å². The molecule has 1 N–H and O–H groups in total. The molecule has 0 spiro atoms. The van der Waals surface area contributed by atoms with Gasteiger partial charge in [0.25, 0.3) is 0 Å². The summed E-state index contributed by atoms with van der Waals surface area (Å²) < 4.78 is 44.0. The number of piperidine rings is 1. The molecule has 0 saturated carbocycles. The van der Waals surface area contributed by atoms with Crippen LogP contribution in [0.3, 0.4) is 0 Å². The van der Waals surface area contributed by atoms with E-state index in [1.165, 1.54) is 4.31 Å². The van der Waals surface area contributed by atoms with E-state index in [-0.39, 0.29) is 24.1 Å². The van der Waals surface area contributed by atoms with Gasteiger partial charge in [0.2, 0.25) is 22.7 Å². The number of rotatable bonds is 7. The second-order valence-electron chi connectivity index (χ2n) is 7.97. The van der Waals surface area contributed by atoms with Crippen molar-refractivity contribution in [3.63, 3.8) is 0 Å². The van der Waals surface area contributed by atoms with E-state index in [2.05, 4.69) is 5.32 Å². The van der Waals surface area contributed by atoms with E-state index in [0.717, 1.165) is 11.1 Å². The molecular formula is C23H28N2O6S. The number of aryl methyl sites for hydroxylation is 1. The minimum absolute atomic E-state index is 0.148. The first kappa shape index (κ1) is 22.4. The van der Waals surface area contributed by atoms with Crippen molar-refractivity contribution in [1.82, 2.24) is 9.62 Å². The summed E-state index contributed by atoms with van der Waals surface area (Å²) in [6, 6.07) is 10.4. The average Bonchev–Trinajstić information content (AvgIpc) is 3.27. The van der Waals surface area contributed by atoms with E-state index in [1.54, 1.807) is 18.2 Å². The zero-order valence-electron chi connectivity index (χ0n) is 18.3. The quantitative estimate of drug-likeness (QED) is 0.683. The molecule has 2 aliphatic heterocycles. The van der Waals surface area contributed by atoms with Gasteiger partial charge in [-0.25, -0.2) is 8.42 Å². The molecule has 4 rings (SSSR count). The monoisotopic (exact) mass is 460 g/mol. The van der Waals surface area contributed by atoms with E-state index in [9.17, 15) is 13.2 Å². The SMILES string of the molecule is CCOc1ccc(S(=O)(=O)N2CCC[C@H](C(=O)NCc3ccc4c(c3)OCO4)C2)cc1C. The lowest BCUT2D eigenvalue weighted by molar-refractivity contribution is -0.126. The Hall–Kier alpha value is -2.78. The van der Waals surface area contributed by atoms with Gasteiger partial charge in [-0.05, 0) is 68.1 Å². The van der Waals surface area contributed by atoms with Crippen LogP contribution in [0.25, 0.3) is 0 Å². The molecule has 1 saturated heterocycles. The van der Waals surface area contributed by atoms with Crippen LogP contribution in [-0.4, -0.2) is 45.1 Å². The normalized spacial score (nSPS) is 18.4. The predicted molar refractivity (Wildman–Crippen MR) is 118 cm³/mol. The fraction of sp³-hybridized carbons (Fsp3) is 0.435. The van der Waals surface area contributed by atoms with Crippen LogP contribution in [0.4, 0.5) is 0 Å². The van der Waals surface area contributed by atoms with Crippen molar-refractivity contribution in [2.75, 3.05) is 26.5 Å². The van der Waals surface area contributed by atoms with Gasteiger partial charge in [0, 0.05) is 19.6 Å². The van der Waals surface area contributed by atoms with Gasteiger partial charge in [0.1, 0.15) is 5.75 Å². The minimum atomic E-state index is -3.69. The lowest BCUT2D eigenvalue weighted by Crippen LogP contribution is -2.45. The van der Waals surface area contributed by atoms with Crippen LogP contribution in [0, 0.1) is 12.8 Å². The zero-order valence-corrected chi connectivity index (χ0v) is 19.1. The van der Waals surface area contributed by atoms with Crippen LogP contribution in [0.5, 0.6) is 17.2 Å². The van der Waals surface area contributed by atoms with Crippen LogP contribution in [-0.2, 0) is 21.4 Å². The molecule has 2 aromatic rings. The molecule has 0 radical (unpaired) electrons. The van der Waals surface area contributed by atoms with Gasteiger partial charge in [-0.3, -0.25) is 4.79 Å². The first-order valence-corrected chi connectivity index (χ1v) is 12.2. The Balaban J connectivity index is 1.40. The van der Waals surface area contributed by atoms with Crippen LogP contribution in [0.2, 0.25) is 0 Å². The average molecular weight is 461 g/mol. The highest BCUT2D eigenvalue weighted by molar-refractivity contribution is 7.89. The number of hydrogen-bond acceptors (Lipinski definition) is 6. The standard InChI is InChI=1S/C23H28N2O6S/c1-3-29-20-9-7-19(11-16(20)2)32(27,28)25-10-4-5-18(14-25)23(26)24-13-17-6-8-21-22(12-17)31-15-30-21/h6-9,11-12,18H,3-5,10,13-15H2,1-2H3,(H,24,26)/t18-/m0/s1. The smallest absolute Gasteiger partial charge is 0.243 e. The Morgan fingerprint density at radius 1 is 1.19 bits per heavy atom. The summed E-state index contributed by atoms with van der Waals surface area (Å²) >= 11 is 0. The van der Waals surface area contributed by atoms with E-state index in [4.69, 9.17) is 14.2 Å². The zero-order chi connectivity index (χ0) is 22.7. The highest BCUT2D eigenvalue weighted by Crippen LogP contribution is 2.32. The lowest BCUT2D eigenvalue weighted by Gasteiger charge is -2.31. The van der Waals surface area contributed by atoms with Gasteiger partial charge in [-0.15, -0.1) is 0 Å². The molecule has 1 amide bonds. The molecule has 8 nitrogen and oxygen atoms in total. The third kappa shape index (κ3) is 4.68. The topological polar surface area (TPSA) is 94.2 Å². The Morgan fingerprint density at radius 2 is 2.00 bits per heavy atom. The van der Waals surface area contributed by atoms with Gasteiger partial charge in [0.15, 0.2) is 11.5 Å². The van der Waals surface area contributed by atoms with Crippen LogP contribution >= 0.6 is 0 Å². The van der Waals surface area contributed by atoms with E-state index >= 15 is 0 Å². The molecule has 0 aromatic heterocycles. The van der Waals surface area contributed by atoms with Crippen LogP contribution in [0.15, 0.2) is 41.3 Å². The Morgan fingerprint density at radius 3 is 2.78 bits per heavy atom. The van der Waals surface area contributed by atoms with E-state index < -0.39 is 15.9 Å². The Kier molecular flexibility index (Phi) is 6.57. The molecule has 2 heterocycles. The maximum Gasteiger partial charge on any atom is 0.243 e. The maximum atomic E-state index is 13.2. The summed E-state index contributed by atoms with van der Waals surface area (Å²) in [5, 5.41) is 2.93. The second kappa shape index (κ2) is 9.38. The predicted octanol–water partition coefficient (Wildman–Crippen LogP) is 2.84. The fourth-order valence-corrected chi connectivity index (χ4v) is 5.62. The van der Waals surface area contributed by atoms with Crippen molar-refractivity contribution in [1.29, 1.82) is 0 Å². The highest BCUT2D eigenvalue weighted by Gasteiger charge is 2.33. The number of carbonyl (C=O) groups is 1. The molecule has 9 heteroatoms. The summed E-state index contributed by atoms with van der Waals surface area (Å²) in [5.74, 6) is 1.49. The third-order valence-corrected chi connectivity index (χ3v) is 7.60. The number of nitrogens with zero attached hydrogens (tertiary/aromatic N) is 1. The number of amides is 1. The molecule has 2 aromatic carbocycles. The number of ether oxygens (including phenoxy) is 3.